The summed E-state index contributed by atoms with van der Waals surface area (Å²) in [6.07, 6.45) is 1.29. The molecule has 1 aliphatic heterocycles. The van der Waals surface area contributed by atoms with Gasteiger partial charge in [-0.15, -0.1) is 0 Å². The van der Waals surface area contributed by atoms with Crippen molar-refractivity contribution in [1.29, 1.82) is 0 Å². The van der Waals surface area contributed by atoms with Gasteiger partial charge < -0.3 is 4.90 Å². The molecule has 5 heteroatoms. The molecule has 114 valence electrons. The van der Waals surface area contributed by atoms with Crippen LogP contribution in [0.5, 0.6) is 0 Å². The highest BCUT2D eigenvalue weighted by Gasteiger charge is 2.43. The molecular weight excluding hydrogens is 256 g/mol. The van der Waals surface area contributed by atoms with E-state index < -0.39 is 17.4 Å². The molecule has 0 aliphatic carbocycles. The summed E-state index contributed by atoms with van der Waals surface area (Å²) >= 11 is 0. The van der Waals surface area contributed by atoms with Crippen LogP contribution < -0.4 is 5.32 Å². The second-order valence-electron chi connectivity index (χ2n) is 7.49. The normalized spacial score (nSPS) is 20.6. The SMILES string of the molecule is CC(CC(=O)N1CC(=O)NC(=O)C1(C)C)CC(C)(C)C. The molecule has 5 nitrogen and oxygen atoms in total. The smallest absolute Gasteiger partial charge is 0.252 e. The fourth-order valence-electron chi connectivity index (χ4n) is 2.71. The molecule has 1 fully saturated rings. The number of hydrogen-bond donors (Lipinski definition) is 1. The molecule has 0 bridgehead atoms. The molecule has 1 rings (SSSR count). The van der Waals surface area contributed by atoms with Crippen molar-refractivity contribution < 1.29 is 14.4 Å². The van der Waals surface area contributed by atoms with Crippen molar-refractivity contribution in [3.63, 3.8) is 0 Å². The molecule has 0 aromatic carbocycles. The molecule has 1 N–H and O–H groups in total. The van der Waals surface area contributed by atoms with Gasteiger partial charge in [-0.3, -0.25) is 19.7 Å². The zero-order chi connectivity index (χ0) is 15.7. The fourth-order valence-corrected chi connectivity index (χ4v) is 2.71. The van der Waals surface area contributed by atoms with Crippen molar-refractivity contribution >= 4 is 17.7 Å². The Bertz CT molecular complexity index is 421. The summed E-state index contributed by atoms with van der Waals surface area (Å²) < 4.78 is 0. The lowest BCUT2D eigenvalue weighted by Gasteiger charge is -2.40. The molecule has 1 saturated heterocycles. The predicted molar refractivity (Wildman–Crippen MR) is 76.8 cm³/mol. The van der Waals surface area contributed by atoms with Crippen molar-refractivity contribution in [2.45, 2.75) is 59.9 Å². The van der Waals surface area contributed by atoms with E-state index in [1.165, 1.54) is 4.90 Å². The third-order valence-corrected chi connectivity index (χ3v) is 3.57. The van der Waals surface area contributed by atoms with Gasteiger partial charge in [0.05, 0.1) is 0 Å². The van der Waals surface area contributed by atoms with Gasteiger partial charge in [0, 0.05) is 6.42 Å². The molecule has 1 atom stereocenters. The number of imide groups is 1. The van der Waals surface area contributed by atoms with Crippen molar-refractivity contribution in [2.24, 2.45) is 11.3 Å². The molecule has 0 saturated carbocycles. The summed E-state index contributed by atoms with van der Waals surface area (Å²) in [5, 5.41) is 2.27. The number of nitrogens with one attached hydrogen (secondary N) is 1. The summed E-state index contributed by atoms with van der Waals surface area (Å²) in [7, 11) is 0. The quantitative estimate of drug-likeness (QED) is 0.801. The maximum absolute atomic E-state index is 12.4. The first kappa shape index (κ1) is 16.7. The maximum atomic E-state index is 12.4. The first-order chi connectivity index (χ1) is 8.93. The van der Waals surface area contributed by atoms with Gasteiger partial charge in [-0.25, -0.2) is 0 Å². The summed E-state index contributed by atoms with van der Waals surface area (Å²) in [4.78, 5) is 37.1. The average molecular weight is 282 g/mol. The first-order valence-corrected chi connectivity index (χ1v) is 7.08. The summed E-state index contributed by atoms with van der Waals surface area (Å²) in [6, 6.07) is 0. The van der Waals surface area contributed by atoms with Gasteiger partial charge in [0.2, 0.25) is 11.8 Å². The van der Waals surface area contributed by atoms with Crippen LogP contribution in [0.25, 0.3) is 0 Å². The molecule has 0 spiro atoms. The molecule has 0 aromatic rings. The molecule has 1 heterocycles. The van der Waals surface area contributed by atoms with Gasteiger partial charge in [-0.1, -0.05) is 27.7 Å². The van der Waals surface area contributed by atoms with E-state index in [0.717, 1.165) is 6.42 Å². The number of amides is 3. The topological polar surface area (TPSA) is 66.5 Å². The van der Waals surface area contributed by atoms with Crippen LogP contribution in [-0.4, -0.2) is 34.7 Å². The number of carbonyl (C=O) groups is 3. The Labute approximate surface area is 121 Å². The van der Waals surface area contributed by atoms with Crippen LogP contribution in [0.1, 0.15) is 54.4 Å². The Kier molecular flexibility index (Phi) is 4.62. The third kappa shape index (κ3) is 4.05. The monoisotopic (exact) mass is 282 g/mol. The highest BCUT2D eigenvalue weighted by Crippen LogP contribution is 2.28. The summed E-state index contributed by atoms with van der Waals surface area (Å²) in [5.41, 5.74) is -0.809. The Balaban J connectivity index is 2.75. The van der Waals surface area contributed by atoms with Crippen LogP contribution in [0.3, 0.4) is 0 Å². The zero-order valence-corrected chi connectivity index (χ0v) is 13.4. The summed E-state index contributed by atoms with van der Waals surface area (Å²) in [6.45, 7) is 11.7. The molecule has 1 unspecified atom stereocenters. The van der Waals surface area contributed by atoms with Crippen molar-refractivity contribution in [3.05, 3.63) is 0 Å². The Hall–Kier alpha value is -1.39. The Morgan fingerprint density at radius 1 is 1.35 bits per heavy atom. The second kappa shape index (κ2) is 5.54. The van der Waals surface area contributed by atoms with E-state index >= 15 is 0 Å². The number of piperazine rings is 1. The number of hydrogen-bond acceptors (Lipinski definition) is 3. The van der Waals surface area contributed by atoms with Crippen molar-refractivity contribution in [2.75, 3.05) is 6.54 Å². The van der Waals surface area contributed by atoms with E-state index in [-0.39, 0.29) is 23.8 Å². The van der Waals surface area contributed by atoms with Crippen LogP contribution in [0.15, 0.2) is 0 Å². The average Bonchev–Trinajstić information content (AvgIpc) is 2.20. The Morgan fingerprint density at radius 2 is 1.90 bits per heavy atom. The molecule has 20 heavy (non-hydrogen) atoms. The van der Waals surface area contributed by atoms with Crippen LogP contribution >= 0.6 is 0 Å². The van der Waals surface area contributed by atoms with Gasteiger partial charge in [0.1, 0.15) is 12.1 Å². The third-order valence-electron chi connectivity index (χ3n) is 3.57. The van der Waals surface area contributed by atoms with Gasteiger partial charge in [-0.05, 0) is 31.6 Å². The van der Waals surface area contributed by atoms with Crippen molar-refractivity contribution in [3.8, 4) is 0 Å². The zero-order valence-electron chi connectivity index (χ0n) is 13.4. The van der Waals surface area contributed by atoms with E-state index in [1.54, 1.807) is 13.8 Å². The van der Waals surface area contributed by atoms with Crippen LogP contribution in [0.2, 0.25) is 0 Å². The van der Waals surface area contributed by atoms with E-state index in [0.29, 0.717) is 6.42 Å². The van der Waals surface area contributed by atoms with E-state index in [1.807, 2.05) is 6.92 Å². The van der Waals surface area contributed by atoms with Gasteiger partial charge >= 0.3 is 0 Å². The standard InChI is InChI=1S/C15H26N2O3/c1-10(8-14(2,3)4)7-12(19)17-9-11(18)16-13(20)15(17,5)6/h10H,7-9H2,1-6H3,(H,16,18,20). The molecule has 1 aliphatic rings. The highest BCUT2D eigenvalue weighted by atomic mass is 16.2. The van der Waals surface area contributed by atoms with Gasteiger partial charge in [-0.2, -0.15) is 0 Å². The minimum atomic E-state index is -0.966. The Morgan fingerprint density at radius 3 is 2.40 bits per heavy atom. The molecule has 0 radical (unpaired) electrons. The summed E-state index contributed by atoms with van der Waals surface area (Å²) in [5.74, 6) is -0.731. The van der Waals surface area contributed by atoms with Crippen LogP contribution in [0, 0.1) is 11.3 Å². The van der Waals surface area contributed by atoms with Crippen molar-refractivity contribution in [1.82, 2.24) is 10.2 Å². The minimum Gasteiger partial charge on any atom is -0.319 e. The van der Waals surface area contributed by atoms with E-state index in [4.69, 9.17) is 0 Å². The van der Waals surface area contributed by atoms with E-state index in [9.17, 15) is 14.4 Å². The predicted octanol–water partition coefficient (Wildman–Crippen LogP) is 1.71. The van der Waals surface area contributed by atoms with E-state index in [2.05, 4.69) is 26.1 Å². The number of nitrogens with zero attached hydrogens (tertiary/aromatic N) is 1. The van der Waals surface area contributed by atoms with Gasteiger partial charge in [0.15, 0.2) is 0 Å². The largest absolute Gasteiger partial charge is 0.319 e. The fraction of sp³-hybridized carbons (Fsp3) is 0.800. The highest BCUT2D eigenvalue weighted by molar-refractivity contribution is 6.06. The lowest BCUT2D eigenvalue weighted by atomic mass is 9.83. The molecule has 0 aromatic heterocycles. The van der Waals surface area contributed by atoms with Crippen LogP contribution in [-0.2, 0) is 14.4 Å². The maximum Gasteiger partial charge on any atom is 0.252 e. The van der Waals surface area contributed by atoms with Gasteiger partial charge in [0.25, 0.3) is 5.91 Å². The lowest BCUT2D eigenvalue weighted by molar-refractivity contribution is -0.156. The van der Waals surface area contributed by atoms with Crippen LogP contribution in [0.4, 0.5) is 0 Å². The lowest BCUT2D eigenvalue weighted by Crippen LogP contribution is -2.65. The molecular formula is C15H26N2O3. The number of carbonyl (C=O) groups excluding carboxylic acids is 3. The molecule has 3 amide bonds. The minimum absolute atomic E-state index is 0.0419. The second-order valence-corrected chi connectivity index (χ2v) is 7.49. The number of rotatable bonds is 3. The first-order valence-electron chi connectivity index (χ1n) is 7.08.